The zero-order valence-corrected chi connectivity index (χ0v) is 12.2. The lowest BCUT2D eigenvalue weighted by molar-refractivity contribution is 0.381. The molecule has 2 rings (SSSR count). The van der Waals surface area contributed by atoms with Gasteiger partial charge in [0.1, 0.15) is 0 Å². The van der Waals surface area contributed by atoms with E-state index in [0.29, 0.717) is 5.92 Å². The Balaban J connectivity index is 2.14. The van der Waals surface area contributed by atoms with Crippen LogP contribution >= 0.6 is 15.9 Å². The zero-order valence-electron chi connectivity index (χ0n) is 10.6. The first kappa shape index (κ1) is 13.1. The van der Waals surface area contributed by atoms with E-state index in [1.54, 1.807) is 0 Å². The van der Waals surface area contributed by atoms with Crippen molar-refractivity contribution in [3.63, 3.8) is 0 Å². The molecule has 1 nitrogen and oxygen atoms in total. The van der Waals surface area contributed by atoms with Gasteiger partial charge in [-0.3, -0.25) is 0 Å². The molecule has 0 radical (unpaired) electrons. The Morgan fingerprint density at radius 3 is 2.41 bits per heavy atom. The van der Waals surface area contributed by atoms with Crippen LogP contribution in [0, 0.1) is 12.8 Å². The predicted octanol–water partition coefficient (Wildman–Crippen LogP) is 4.73. The lowest BCUT2D eigenvalue weighted by Gasteiger charge is -2.24. The lowest BCUT2D eigenvalue weighted by atomic mass is 9.87. The number of benzene rings is 1. The van der Waals surface area contributed by atoms with E-state index in [1.807, 2.05) is 0 Å². The van der Waals surface area contributed by atoms with Gasteiger partial charge in [0.25, 0.3) is 0 Å². The summed E-state index contributed by atoms with van der Waals surface area (Å²) in [4.78, 5) is 0. The van der Waals surface area contributed by atoms with E-state index in [1.165, 1.54) is 54.1 Å². The van der Waals surface area contributed by atoms with Crippen LogP contribution in [0.15, 0.2) is 22.7 Å². The van der Waals surface area contributed by atoms with Crippen molar-refractivity contribution in [2.45, 2.75) is 51.5 Å². The molecule has 1 aliphatic rings. The fraction of sp³-hybridized carbons (Fsp3) is 0.600. The van der Waals surface area contributed by atoms with Gasteiger partial charge >= 0.3 is 0 Å². The highest BCUT2D eigenvalue weighted by atomic mass is 79.9. The molecule has 1 aliphatic carbocycles. The fourth-order valence-electron chi connectivity index (χ4n) is 2.83. The van der Waals surface area contributed by atoms with E-state index in [2.05, 4.69) is 41.1 Å². The van der Waals surface area contributed by atoms with Crippen LogP contribution in [0.1, 0.15) is 55.7 Å². The van der Waals surface area contributed by atoms with Crippen molar-refractivity contribution in [1.82, 2.24) is 0 Å². The minimum atomic E-state index is 0.197. The van der Waals surface area contributed by atoms with Crippen LogP contribution in [-0.2, 0) is 0 Å². The molecule has 0 aliphatic heterocycles. The van der Waals surface area contributed by atoms with E-state index < -0.39 is 0 Å². The molecule has 1 unspecified atom stereocenters. The van der Waals surface area contributed by atoms with Crippen molar-refractivity contribution in [3.05, 3.63) is 33.8 Å². The van der Waals surface area contributed by atoms with Crippen molar-refractivity contribution in [2.75, 3.05) is 0 Å². The molecule has 1 atom stereocenters. The van der Waals surface area contributed by atoms with Gasteiger partial charge in [0.05, 0.1) is 0 Å². The number of halogens is 1. The average Bonchev–Trinajstić information content (AvgIpc) is 2.56. The minimum absolute atomic E-state index is 0.197. The highest BCUT2D eigenvalue weighted by Crippen LogP contribution is 2.35. The molecule has 1 aromatic rings. The van der Waals surface area contributed by atoms with Gasteiger partial charge in [-0.25, -0.2) is 0 Å². The second-order valence-corrected chi connectivity index (χ2v) is 6.16. The lowest BCUT2D eigenvalue weighted by Crippen LogP contribution is -2.21. The molecule has 1 saturated carbocycles. The second-order valence-electron chi connectivity index (χ2n) is 5.30. The largest absolute Gasteiger partial charge is 0.324 e. The highest BCUT2D eigenvalue weighted by molar-refractivity contribution is 9.10. The second kappa shape index (κ2) is 6.01. The van der Waals surface area contributed by atoms with E-state index >= 15 is 0 Å². The molecule has 0 aromatic heterocycles. The van der Waals surface area contributed by atoms with Crippen LogP contribution in [0.3, 0.4) is 0 Å². The van der Waals surface area contributed by atoms with Crippen LogP contribution < -0.4 is 5.73 Å². The smallest absolute Gasteiger partial charge is 0.0334 e. The first-order valence-electron chi connectivity index (χ1n) is 6.70. The van der Waals surface area contributed by atoms with Crippen molar-refractivity contribution >= 4 is 15.9 Å². The van der Waals surface area contributed by atoms with E-state index in [-0.39, 0.29) is 6.04 Å². The standard InChI is InChI=1S/C15H22BrN/c1-11-8-9-13(14(16)10-11)15(17)12-6-4-2-3-5-7-12/h8-10,12,15H,2-7,17H2,1H3. The van der Waals surface area contributed by atoms with Crippen molar-refractivity contribution in [2.24, 2.45) is 11.7 Å². The molecule has 0 amide bonds. The quantitative estimate of drug-likeness (QED) is 0.785. The number of aryl methyl sites for hydroxylation is 1. The SMILES string of the molecule is Cc1ccc(C(N)C2CCCCCC2)c(Br)c1. The summed E-state index contributed by atoms with van der Waals surface area (Å²) in [7, 11) is 0. The summed E-state index contributed by atoms with van der Waals surface area (Å²) in [6, 6.07) is 6.72. The van der Waals surface area contributed by atoms with Gasteiger partial charge in [-0.05, 0) is 42.9 Å². The van der Waals surface area contributed by atoms with Crippen LogP contribution in [0.5, 0.6) is 0 Å². The molecule has 0 heterocycles. The van der Waals surface area contributed by atoms with Gasteiger partial charge in [0.15, 0.2) is 0 Å². The maximum atomic E-state index is 6.46. The summed E-state index contributed by atoms with van der Waals surface area (Å²) in [5, 5.41) is 0. The molecule has 17 heavy (non-hydrogen) atoms. The van der Waals surface area contributed by atoms with Crippen LogP contribution in [0.4, 0.5) is 0 Å². The van der Waals surface area contributed by atoms with E-state index in [9.17, 15) is 0 Å². The van der Waals surface area contributed by atoms with Crippen LogP contribution in [0.25, 0.3) is 0 Å². The third kappa shape index (κ3) is 3.32. The highest BCUT2D eigenvalue weighted by Gasteiger charge is 2.22. The Bertz CT molecular complexity index is 367. The van der Waals surface area contributed by atoms with Gasteiger partial charge in [-0.15, -0.1) is 0 Å². The minimum Gasteiger partial charge on any atom is -0.324 e. The first-order valence-corrected chi connectivity index (χ1v) is 7.49. The molecule has 1 fully saturated rings. The maximum absolute atomic E-state index is 6.46. The number of rotatable bonds is 2. The summed E-state index contributed by atoms with van der Waals surface area (Å²) < 4.78 is 1.18. The predicted molar refractivity (Wildman–Crippen MR) is 77.0 cm³/mol. The summed E-state index contributed by atoms with van der Waals surface area (Å²) in [6.07, 6.45) is 8.06. The molecule has 1 aromatic carbocycles. The van der Waals surface area contributed by atoms with Crippen molar-refractivity contribution in [1.29, 1.82) is 0 Å². The average molecular weight is 296 g/mol. The van der Waals surface area contributed by atoms with Gasteiger partial charge in [0, 0.05) is 10.5 Å². The Kier molecular flexibility index (Phi) is 4.63. The molecule has 2 N–H and O–H groups in total. The zero-order chi connectivity index (χ0) is 12.3. The van der Waals surface area contributed by atoms with Gasteiger partial charge in [-0.2, -0.15) is 0 Å². The Morgan fingerprint density at radius 1 is 1.18 bits per heavy atom. The Labute approximate surface area is 113 Å². The van der Waals surface area contributed by atoms with E-state index in [0.717, 1.165) is 0 Å². The van der Waals surface area contributed by atoms with Gasteiger partial charge in [-0.1, -0.05) is 53.7 Å². The number of hydrogen-bond acceptors (Lipinski definition) is 1. The summed E-state index contributed by atoms with van der Waals surface area (Å²) in [6.45, 7) is 2.12. The topological polar surface area (TPSA) is 26.0 Å². The third-order valence-corrected chi connectivity index (χ3v) is 4.61. The molecule has 0 saturated heterocycles. The fourth-order valence-corrected chi connectivity index (χ4v) is 3.58. The van der Waals surface area contributed by atoms with Gasteiger partial charge < -0.3 is 5.73 Å². The molecular weight excluding hydrogens is 274 g/mol. The van der Waals surface area contributed by atoms with Crippen molar-refractivity contribution < 1.29 is 0 Å². The molecule has 0 bridgehead atoms. The molecule has 2 heteroatoms. The summed E-state index contributed by atoms with van der Waals surface area (Å²) in [5.74, 6) is 0.663. The first-order chi connectivity index (χ1) is 8.18. The normalized spacial score (nSPS) is 19.9. The van der Waals surface area contributed by atoms with Crippen LogP contribution in [0.2, 0.25) is 0 Å². The summed E-state index contributed by atoms with van der Waals surface area (Å²) >= 11 is 3.65. The van der Waals surface area contributed by atoms with Crippen molar-refractivity contribution in [3.8, 4) is 0 Å². The number of nitrogens with two attached hydrogens (primary N) is 1. The third-order valence-electron chi connectivity index (χ3n) is 3.92. The maximum Gasteiger partial charge on any atom is 0.0334 e. The molecular formula is C15H22BrN. The van der Waals surface area contributed by atoms with E-state index in [4.69, 9.17) is 5.73 Å². The van der Waals surface area contributed by atoms with Gasteiger partial charge in [0.2, 0.25) is 0 Å². The summed E-state index contributed by atoms with van der Waals surface area (Å²) in [5.41, 5.74) is 9.03. The monoisotopic (exact) mass is 295 g/mol. The Morgan fingerprint density at radius 2 is 1.82 bits per heavy atom. The molecule has 0 spiro atoms. The number of hydrogen-bond donors (Lipinski definition) is 1. The van der Waals surface area contributed by atoms with Crippen LogP contribution in [-0.4, -0.2) is 0 Å². The Hall–Kier alpha value is -0.340. The molecule has 94 valence electrons.